The largest absolute Gasteiger partial charge is 0.465 e. The zero-order valence-electron chi connectivity index (χ0n) is 11.9. The minimum absolute atomic E-state index is 0.0379. The van der Waals surface area contributed by atoms with Gasteiger partial charge in [0.15, 0.2) is 0 Å². The van der Waals surface area contributed by atoms with E-state index in [9.17, 15) is 14.0 Å². The second kappa shape index (κ2) is 7.58. The fourth-order valence-corrected chi connectivity index (χ4v) is 1.88. The third kappa shape index (κ3) is 4.42. The van der Waals surface area contributed by atoms with Crippen LogP contribution in [-0.4, -0.2) is 28.3 Å². The molecule has 0 saturated carbocycles. The van der Waals surface area contributed by atoms with Crippen LogP contribution in [0.3, 0.4) is 0 Å². The van der Waals surface area contributed by atoms with Crippen LogP contribution in [0.2, 0.25) is 0 Å². The molecule has 7 heteroatoms. The third-order valence-corrected chi connectivity index (χ3v) is 3.31. The van der Waals surface area contributed by atoms with E-state index in [0.29, 0.717) is 6.42 Å². The second-order valence-electron chi connectivity index (χ2n) is 4.73. The van der Waals surface area contributed by atoms with Crippen molar-refractivity contribution in [2.75, 3.05) is 5.32 Å². The first kappa shape index (κ1) is 16.9. The zero-order chi connectivity index (χ0) is 16.0. The van der Waals surface area contributed by atoms with E-state index in [1.807, 2.05) is 6.92 Å². The average molecular weight is 298 g/mol. The smallest absolute Gasteiger partial charge is 0.405 e. The summed E-state index contributed by atoms with van der Waals surface area (Å²) in [6.45, 7) is 3.00. The molecule has 2 amide bonds. The summed E-state index contributed by atoms with van der Waals surface area (Å²) in [5, 5.41) is 22.6. The molecule has 0 heterocycles. The van der Waals surface area contributed by atoms with Crippen molar-refractivity contribution in [1.82, 2.24) is 5.32 Å². The molecule has 116 valence electrons. The van der Waals surface area contributed by atoms with Crippen LogP contribution in [0.4, 0.5) is 14.9 Å². The maximum atomic E-state index is 13.5. The lowest BCUT2D eigenvalue weighted by Gasteiger charge is -2.22. The summed E-state index contributed by atoms with van der Waals surface area (Å²) < 4.78 is 13.5. The monoisotopic (exact) mass is 298 g/mol. The molecule has 0 aliphatic heterocycles. The van der Waals surface area contributed by atoms with Crippen molar-refractivity contribution in [2.45, 2.75) is 32.9 Å². The van der Waals surface area contributed by atoms with Crippen molar-refractivity contribution in [1.29, 1.82) is 0 Å². The topological polar surface area (TPSA) is 98.7 Å². The zero-order valence-corrected chi connectivity index (χ0v) is 11.9. The van der Waals surface area contributed by atoms with Crippen LogP contribution in [0.25, 0.3) is 0 Å². The lowest BCUT2D eigenvalue weighted by atomic mass is 9.98. The molecule has 0 radical (unpaired) electrons. The van der Waals surface area contributed by atoms with Gasteiger partial charge in [-0.1, -0.05) is 26.3 Å². The normalized spacial score (nSPS) is 13.3. The van der Waals surface area contributed by atoms with Crippen LogP contribution in [-0.2, 0) is 11.4 Å². The maximum Gasteiger partial charge on any atom is 0.405 e. The Kier molecular flexibility index (Phi) is 6.10. The molecule has 0 saturated heterocycles. The van der Waals surface area contributed by atoms with Gasteiger partial charge in [0.05, 0.1) is 6.61 Å². The molecule has 1 rings (SSSR count). The van der Waals surface area contributed by atoms with Gasteiger partial charge in [-0.2, -0.15) is 0 Å². The maximum absolute atomic E-state index is 13.5. The molecule has 1 aromatic carbocycles. The van der Waals surface area contributed by atoms with E-state index in [1.54, 1.807) is 6.92 Å². The number of hydrogen-bond donors (Lipinski definition) is 4. The van der Waals surface area contributed by atoms with E-state index in [0.717, 1.165) is 0 Å². The number of carbonyl (C=O) groups excluding carboxylic acids is 1. The summed E-state index contributed by atoms with van der Waals surface area (Å²) in [5.41, 5.74) is 0.0899. The summed E-state index contributed by atoms with van der Waals surface area (Å²) in [5.74, 6) is -1.46. The standard InChI is InChI=1S/C14H19FN2O4/c1-3-8(2)12(17-14(20)21)13(19)16-11-6-4-5-10(15)9(11)7-18/h4-6,8,12,17-18H,3,7H2,1-2H3,(H,16,19)(H,20,21)/t8-,12-/m0/s1. The van der Waals surface area contributed by atoms with Crippen LogP contribution in [0.15, 0.2) is 18.2 Å². The van der Waals surface area contributed by atoms with Crippen LogP contribution >= 0.6 is 0 Å². The number of nitrogens with one attached hydrogen (secondary N) is 2. The van der Waals surface area contributed by atoms with Crippen molar-refractivity contribution in [2.24, 2.45) is 5.92 Å². The van der Waals surface area contributed by atoms with Crippen molar-refractivity contribution >= 4 is 17.7 Å². The number of carbonyl (C=O) groups is 2. The Morgan fingerprint density at radius 1 is 1.38 bits per heavy atom. The molecule has 0 aliphatic rings. The number of aliphatic hydroxyl groups is 1. The van der Waals surface area contributed by atoms with Crippen molar-refractivity contribution in [3.63, 3.8) is 0 Å². The van der Waals surface area contributed by atoms with Crippen LogP contribution in [0.1, 0.15) is 25.8 Å². The van der Waals surface area contributed by atoms with Crippen molar-refractivity contribution in [3.8, 4) is 0 Å². The van der Waals surface area contributed by atoms with Crippen molar-refractivity contribution in [3.05, 3.63) is 29.6 Å². The molecule has 21 heavy (non-hydrogen) atoms. The first-order valence-electron chi connectivity index (χ1n) is 6.59. The molecular weight excluding hydrogens is 279 g/mol. The molecule has 0 aromatic heterocycles. The Hall–Kier alpha value is -2.15. The Morgan fingerprint density at radius 3 is 2.57 bits per heavy atom. The fourth-order valence-electron chi connectivity index (χ4n) is 1.88. The Morgan fingerprint density at radius 2 is 2.05 bits per heavy atom. The number of halogens is 1. The Balaban J connectivity index is 2.96. The summed E-state index contributed by atoms with van der Waals surface area (Å²) in [7, 11) is 0. The van der Waals surface area contributed by atoms with Crippen LogP contribution in [0.5, 0.6) is 0 Å². The molecule has 6 nitrogen and oxygen atoms in total. The van der Waals surface area contributed by atoms with Gasteiger partial charge in [-0.15, -0.1) is 0 Å². The number of aliphatic hydroxyl groups excluding tert-OH is 1. The van der Waals surface area contributed by atoms with E-state index in [-0.39, 0.29) is 17.2 Å². The quantitative estimate of drug-likeness (QED) is 0.645. The number of benzene rings is 1. The minimum Gasteiger partial charge on any atom is -0.465 e. The van der Waals surface area contributed by atoms with Crippen molar-refractivity contribution < 1.29 is 24.2 Å². The number of hydrogen-bond acceptors (Lipinski definition) is 3. The third-order valence-electron chi connectivity index (χ3n) is 3.31. The molecule has 0 bridgehead atoms. The SMILES string of the molecule is CC[C@H](C)[C@H](NC(=O)O)C(=O)Nc1cccc(F)c1CO. The van der Waals surface area contributed by atoms with Gasteiger partial charge in [-0.3, -0.25) is 4.79 Å². The lowest BCUT2D eigenvalue weighted by Crippen LogP contribution is -2.47. The van der Waals surface area contributed by atoms with E-state index < -0.39 is 30.5 Å². The predicted octanol–water partition coefficient (Wildman–Crippen LogP) is 1.94. The van der Waals surface area contributed by atoms with Gasteiger partial charge in [-0.05, 0) is 18.1 Å². The molecule has 4 N–H and O–H groups in total. The number of rotatable bonds is 6. The Bertz CT molecular complexity index is 522. The molecule has 1 aromatic rings. The number of carboxylic acid groups (broad SMARTS) is 1. The highest BCUT2D eigenvalue weighted by Crippen LogP contribution is 2.20. The number of anilines is 1. The Labute approximate surface area is 122 Å². The van der Waals surface area contributed by atoms with Crippen LogP contribution in [0, 0.1) is 11.7 Å². The molecule has 2 atom stereocenters. The van der Waals surface area contributed by atoms with Gasteiger partial charge >= 0.3 is 6.09 Å². The van der Waals surface area contributed by atoms with Gasteiger partial charge in [0, 0.05) is 11.3 Å². The summed E-state index contributed by atoms with van der Waals surface area (Å²) in [6, 6.07) is 3.05. The van der Waals surface area contributed by atoms with Gasteiger partial charge in [-0.25, -0.2) is 9.18 Å². The summed E-state index contributed by atoms with van der Waals surface area (Å²) in [6.07, 6.45) is -0.717. The highest BCUT2D eigenvalue weighted by molar-refractivity contribution is 5.97. The van der Waals surface area contributed by atoms with E-state index in [2.05, 4.69) is 10.6 Å². The first-order chi connectivity index (χ1) is 9.90. The highest BCUT2D eigenvalue weighted by atomic mass is 19.1. The van der Waals surface area contributed by atoms with E-state index >= 15 is 0 Å². The van der Waals surface area contributed by atoms with Gasteiger partial charge in [0.25, 0.3) is 0 Å². The average Bonchev–Trinajstić information content (AvgIpc) is 2.44. The predicted molar refractivity (Wildman–Crippen MR) is 75.4 cm³/mol. The molecule has 0 aliphatic carbocycles. The molecular formula is C14H19FN2O4. The number of amides is 2. The van der Waals surface area contributed by atoms with Gasteiger partial charge in [0.2, 0.25) is 5.91 Å². The molecule has 0 spiro atoms. The second-order valence-corrected chi connectivity index (χ2v) is 4.73. The highest BCUT2D eigenvalue weighted by Gasteiger charge is 2.26. The van der Waals surface area contributed by atoms with E-state index in [1.165, 1.54) is 18.2 Å². The molecule has 0 unspecified atom stereocenters. The fraction of sp³-hybridized carbons (Fsp3) is 0.429. The first-order valence-corrected chi connectivity index (χ1v) is 6.59. The lowest BCUT2D eigenvalue weighted by molar-refractivity contribution is -0.119. The van der Waals surface area contributed by atoms with E-state index in [4.69, 9.17) is 10.2 Å². The minimum atomic E-state index is -1.31. The molecule has 0 fully saturated rings. The van der Waals surface area contributed by atoms with Gasteiger partial charge in [0.1, 0.15) is 11.9 Å². The van der Waals surface area contributed by atoms with Crippen LogP contribution < -0.4 is 10.6 Å². The van der Waals surface area contributed by atoms with Gasteiger partial charge < -0.3 is 20.8 Å². The summed E-state index contributed by atoms with van der Waals surface area (Å²) >= 11 is 0. The summed E-state index contributed by atoms with van der Waals surface area (Å²) in [4.78, 5) is 23.0.